The van der Waals surface area contributed by atoms with Crippen molar-refractivity contribution in [2.45, 2.75) is 19.4 Å². The fourth-order valence-electron chi connectivity index (χ4n) is 2.19. The molecule has 1 aliphatic heterocycles. The van der Waals surface area contributed by atoms with Crippen LogP contribution in [0.5, 0.6) is 5.75 Å². The highest BCUT2D eigenvalue weighted by atomic mass is 19.1. The van der Waals surface area contributed by atoms with Gasteiger partial charge in [0.1, 0.15) is 17.4 Å². The molecule has 25 heavy (non-hydrogen) atoms. The van der Waals surface area contributed by atoms with Gasteiger partial charge in [0.05, 0.1) is 24.0 Å². The molecule has 0 aliphatic carbocycles. The largest absolute Gasteiger partial charge is 0.643 e. The summed E-state index contributed by atoms with van der Waals surface area (Å²) in [5.41, 5.74) is -0.304. The highest BCUT2D eigenvalue weighted by molar-refractivity contribution is 6.63. The minimum atomic E-state index is -1.59. The number of aliphatic hydroxyl groups is 2. The minimum absolute atomic E-state index is 0.175. The van der Waals surface area contributed by atoms with Gasteiger partial charge in [-0.1, -0.05) is 6.08 Å². The Morgan fingerprint density at radius 1 is 1.28 bits per heavy atom. The van der Waals surface area contributed by atoms with Crippen LogP contribution < -0.4 is 10.2 Å². The lowest BCUT2D eigenvalue weighted by Crippen LogP contribution is -2.41. The first-order valence-electron chi connectivity index (χ1n) is 7.43. The van der Waals surface area contributed by atoms with Crippen LogP contribution in [0.1, 0.15) is 13.3 Å². The highest BCUT2D eigenvalue weighted by Crippen LogP contribution is 2.20. The van der Waals surface area contributed by atoms with Crippen molar-refractivity contribution in [1.29, 1.82) is 0 Å². The summed E-state index contributed by atoms with van der Waals surface area (Å²) in [6, 6.07) is 1.59. The Kier molecular flexibility index (Phi) is 5.79. The van der Waals surface area contributed by atoms with Crippen LogP contribution in [0.25, 0.3) is 0 Å². The van der Waals surface area contributed by atoms with Crippen LogP contribution in [0.4, 0.5) is 8.78 Å². The fourth-order valence-corrected chi connectivity index (χ4v) is 2.19. The number of benzene rings is 1. The van der Waals surface area contributed by atoms with Gasteiger partial charge in [-0.2, -0.15) is 0 Å². The molecular formula is C16H18BF2NO5. The summed E-state index contributed by atoms with van der Waals surface area (Å²) in [7, 11) is -0.0866. The number of halogens is 2. The molecule has 0 fully saturated rings. The van der Waals surface area contributed by atoms with E-state index >= 15 is 0 Å². The Labute approximate surface area is 144 Å². The van der Waals surface area contributed by atoms with E-state index in [1.807, 2.05) is 0 Å². The average molecular weight is 353 g/mol. The van der Waals surface area contributed by atoms with E-state index in [4.69, 9.17) is 14.0 Å². The summed E-state index contributed by atoms with van der Waals surface area (Å²) in [4.78, 5) is 1.27. The smallest absolute Gasteiger partial charge is 0.494 e. The van der Waals surface area contributed by atoms with Gasteiger partial charge in [-0.15, -0.1) is 6.58 Å². The Bertz CT molecular complexity index is 688. The summed E-state index contributed by atoms with van der Waals surface area (Å²) in [6.07, 6.45) is 3.87. The van der Waals surface area contributed by atoms with E-state index in [2.05, 4.69) is 6.58 Å². The van der Waals surface area contributed by atoms with Crippen LogP contribution in [0, 0.1) is 11.6 Å². The monoisotopic (exact) mass is 353 g/mol. The summed E-state index contributed by atoms with van der Waals surface area (Å²) >= 11 is 0. The molecule has 6 nitrogen and oxygen atoms in total. The summed E-state index contributed by atoms with van der Waals surface area (Å²) in [5.74, 6) is -3.23. The predicted molar refractivity (Wildman–Crippen MR) is 88.0 cm³/mol. The van der Waals surface area contributed by atoms with Crippen molar-refractivity contribution in [2.24, 2.45) is 0 Å². The maximum atomic E-state index is 14.4. The Balaban J connectivity index is 2.44. The van der Waals surface area contributed by atoms with Crippen molar-refractivity contribution in [1.82, 2.24) is 4.90 Å². The molecule has 0 saturated carbocycles. The molecule has 1 atom stereocenters. The van der Waals surface area contributed by atoms with E-state index in [-0.39, 0.29) is 11.2 Å². The number of ether oxygens (including phenoxy) is 1. The third kappa shape index (κ3) is 4.82. The van der Waals surface area contributed by atoms with Crippen LogP contribution in [0.2, 0.25) is 0 Å². The van der Waals surface area contributed by atoms with Gasteiger partial charge in [-0.3, -0.25) is 0 Å². The number of nitrogens with zero attached hydrogens (tertiary/aromatic N) is 1. The maximum absolute atomic E-state index is 14.4. The predicted octanol–water partition coefficient (Wildman–Crippen LogP) is 2.70. The SMILES string of the molecule is C=CC[C@H](C)Oc1cc(F)cc(F)c1B1O/C(O)=C\N(C)/C=C(/O)O1. The molecule has 1 aliphatic rings. The zero-order valence-corrected chi connectivity index (χ0v) is 13.8. The van der Waals surface area contributed by atoms with Crippen LogP contribution in [-0.4, -0.2) is 35.4 Å². The molecule has 0 saturated heterocycles. The van der Waals surface area contributed by atoms with E-state index in [0.717, 1.165) is 18.5 Å². The zero-order valence-electron chi connectivity index (χ0n) is 13.8. The highest BCUT2D eigenvalue weighted by Gasteiger charge is 2.37. The van der Waals surface area contributed by atoms with Gasteiger partial charge in [-0.25, -0.2) is 8.78 Å². The minimum Gasteiger partial charge on any atom is -0.494 e. The van der Waals surface area contributed by atoms with Crippen LogP contribution in [0.15, 0.2) is 49.1 Å². The van der Waals surface area contributed by atoms with Gasteiger partial charge < -0.3 is 29.2 Å². The van der Waals surface area contributed by atoms with Crippen LogP contribution in [0.3, 0.4) is 0 Å². The van der Waals surface area contributed by atoms with E-state index in [9.17, 15) is 19.0 Å². The number of aliphatic hydroxyl groups excluding tert-OH is 2. The van der Waals surface area contributed by atoms with Gasteiger partial charge in [0.25, 0.3) is 11.9 Å². The van der Waals surface area contributed by atoms with Gasteiger partial charge in [0.2, 0.25) is 0 Å². The van der Waals surface area contributed by atoms with E-state index in [1.165, 1.54) is 11.9 Å². The van der Waals surface area contributed by atoms with Crippen molar-refractivity contribution >= 4 is 12.6 Å². The lowest BCUT2D eigenvalue weighted by atomic mass is 9.77. The van der Waals surface area contributed by atoms with Crippen molar-refractivity contribution in [3.63, 3.8) is 0 Å². The van der Waals surface area contributed by atoms with Gasteiger partial charge in [0, 0.05) is 25.6 Å². The summed E-state index contributed by atoms with van der Waals surface area (Å²) < 4.78 is 43.8. The first-order valence-corrected chi connectivity index (χ1v) is 7.43. The normalized spacial score (nSPS) is 20.0. The zero-order chi connectivity index (χ0) is 18.6. The standard InChI is InChI=1S/C16H18BF2NO5/c1-4-5-10(2)23-13-7-11(18)6-12(19)16(13)17-24-14(21)8-20(3)9-15(22)25-17/h4,6-10,21-22H,1,5H2,2-3H3/b14-8-,15-9-/t10-/m0/s1. The van der Waals surface area contributed by atoms with Crippen molar-refractivity contribution < 1.29 is 33.0 Å². The molecule has 1 aromatic carbocycles. The Hall–Kier alpha value is -2.84. The third-order valence-electron chi connectivity index (χ3n) is 3.20. The second-order valence-corrected chi connectivity index (χ2v) is 5.42. The number of hydrogen-bond donors (Lipinski definition) is 2. The molecule has 0 amide bonds. The average Bonchev–Trinajstić information content (AvgIpc) is 2.44. The first kappa shape index (κ1) is 18.5. The molecule has 0 spiro atoms. The van der Waals surface area contributed by atoms with Gasteiger partial charge >= 0.3 is 7.12 Å². The molecule has 1 heterocycles. The lowest BCUT2D eigenvalue weighted by Gasteiger charge is -2.23. The molecule has 134 valence electrons. The van der Waals surface area contributed by atoms with Crippen LogP contribution in [-0.2, 0) is 9.31 Å². The molecular weight excluding hydrogens is 335 g/mol. The topological polar surface area (TPSA) is 71.4 Å². The van der Waals surface area contributed by atoms with Crippen LogP contribution >= 0.6 is 0 Å². The van der Waals surface area contributed by atoms with Gasteiger partial charge in [0.15, 0.2) is 0 Å². The second kappa shape index (κ2) is 7.82. The molecule has 2 rings (SSSR count). The van der Waals surface area contributed by atoms with E-state index in [0.29, 0.717) is 12.5 Å². The Morgan fingerprint density at radius 2 is 1.88 bits per heavy atom. The molecule has 9 heteroatoms. The lowest BCUT2D eigenvalue weighted by molar-refractivity contribution is 0.123. The van der Waals surface area contributed by atoms with E-state index < -0.39 is 36.7 Å². The summed E-state index contributed by atoms with van der Waals surface area (Å²) in [5, 5.41) is 19.5. The number of rotatable bonds is 5. The molecule has 0 aromatic heterocycles. The fraction of sp³-hybridized carbons (Fsp3) is 0.250. The maximum Gasteiger partial charge on any atom is 0.643 e. The molecule has 0 bridgehead atoms. The molecule has 2 N–H and O–H groups in total. The number of hydrogen-bond acceptors (Lipinski definition) is 6. The molecule has 0 radical (unpaired) electrons. The first-order chi connectivity index (χ1) is 11.8. The Morgan fingerprint density at radius 3 is 2.44 bits per heavy atom. The van der Waals surface area contributed by atoms with Crippen molar-refractivity contribution in [2.75, 3.05) is 7.05 Å². The van der Waals surface area contributed by atoms with Crippen molar-refractivity contribution in [3.8, 4) is 5.75 Å². The summed E-state index contributed by atoms with van der Waals surface area (Å²) in [6.45, 7) is 5.27. The molecule has 1 aromatic rings. The third-order valence-corrected chi connectivity index (χ3v) is 3.20. The van der Waals surface area contributed by atoms with Crippen molar-refractivity contribution in [3.05, 3.63) is 60.7 Å². The van der Waals surface area contributed by atoms with Gasteiger partial charge in [-0.05, 0) is 6.92 Å². The molecule has 0 unspecified atom stereocenters. The van der Waals surface area contributed by atoms with E-state index in [1.54, 1.807) is 13.0 Å². The quantitative estimate of drug-likeness (QED) is 0.627. The second-order valence-electron chi connectivity index (χ2n) is 5.42.